The highest BCUT2D eigenvalue weighted by molar-refractivity contribution is 5.25. The maximum Gasteiger partial charge on any atom is 0.0713 e. The van der Waals surface area contributed by atoms with E-state index in [2.05, 4.69) is 36.9 Å². The molecule has 132 valence electrons. The summed E-state index contributed by atoms with van der Waals surface area (Å²) in [6.07, 6.45) is 14.9. The van der Waals surface area contributed by atoms with Gasteiger partial charge < -0.3 is 4.74 Å². The highest BCUT2D eigenvalue weighted by atomic mass is 16.5. The largest absolute Gasteiger partial charge is 0.380 e. The van der Waals surface area contributed by atoms with E-state index in [1.54, 1.807) is 12.7 Å². The van der Waals surface area contributed by atoms with Gasteiger partial charge in [0.25, 0.3) is 0 Å². The number of benzene rings is 1. The summed E-state index contributed by atoms with van der Waals surface area (Å²) in [7, 11) is 1.76. The van der Waals surface area contributed by atoms with Crippen LogP contribution in [0.1, 0.15) is 74.8 Å². The first-order valence-electron chi connectivity index (χ1n) is 9.98. The number of rotatable bonds is 6. The molecular formula is C23H34O. The standard InChI is InChI=1S/C23H34O/c1-3-4-18-5-9-20(10-6-18)22-13-15-23(16-14-22)21-11-7-19(8-12-21)17-24-2/h3,7-8,11-12,18,20,22-23H,1,4-6,9-10,13-17H2,2H3. The maximum absolute atomic E-state index is 5.21. The molecule has 0 spiro atoms. The van der Waals surface area contributed by atoms with Gasteiger partial charge in [-0.3, -0.25) is 0 Å². The lowest BCUT2D eigenvalue weighted by molar-refractivity contribution is 0.160. The number of methoxy groups -OCH3 is 1. The van der Waals surface area contributed by atoms with Crippen LogP contribution in [-0.2, 0) is 11.3 Å². The van der Waals surface area contributed by atoms with E-state index in [0.29, 0.717) is 0 Å². The second-order valence-electron chi connectivity index (χ2n) is 8.09. The molecule has 0 saturated heterocycles. The lowest BCUT2D eigenvalue weighted by atomic mass is 9.68. The van der Waals surface area contributed by atoms with Gasteiger partial charge in [0.05, 0.1) is 6.61 Å². The summed E-state index contributed by atoms with van der Waals surface area (Å²) in [6, 6.07) is 9.15. The van der Waals surface area contributed by atoms with Crippen molar-refractivity contribution in [1.82, 2.24) is 0 Å². The molecule has 2 saturated carbocycles. The van der Waals surface area contributed by atoms with Crippen LogP contribution in [0.2, 0.25) is 0 Å². The van der Waals surface area contributed by atoms with Gasteiger partial charge in [-0.1, -0.05) is 30.3 Å². The lowest BCUT2D eigenvalue weighted by Crippen LogP contribution is -2.25. The minimum absolute atomic E-state index is 0.724. The Bertz CT molecular complexity index is 487. The molecule has 2 aliphatic carbocycles. The van der Waals surface area contributed by atoms with Gasteiger partial charge in [-0.05, 0) is 92.6 Å². The molecule has 1 nitrogen and oxygen atoms in total. The second-order valence-corrected chi connectivity index (χ2v) is 8.09. The average molecular weight is 327 g/mol. The molecule has 1 aromatic carbocycles. The molecule has 24 heavy (non-hydrogen) atoms. The van der Waals surface area contributed by atoms with Crippen LogP contribution >= 0.6 is 0 Å². The third-order valence-corrected chi connectivity index (χ3v) is 6.59. The zero-order valence-electron chi connectivity index (χ0n) is 15.4. The summed E-state index contributed by atoms with van der Waals surface area (Å²) in [5.74, 6) is 3.73. The van der Waals surface area contributed by atoms with Crippen LogP contribution < -0.4 is 0 Å². The Morgan fingerprint density at radius 2 is 1.50 bits per heavy atom. The first-order valence-corrected chi connectivity index (χ1v) is 9.98. The molecule has 0 unspecified atom stereocenters. The summed E-state index contributed by atoms with van der Waals surface area (Å²) >= 11 is 0. The lowest BCUT2D eigenvalue weighted by Gasteiger charge is -2.38. The van der Waals surface area contributed by atoms with Crippen molar-refractivity contribution < 1.29 is 4.74 Å². The Morgan fingerprint density at radius 3 is 2.04 bits per heavy atom. The van der Waals surface area contributed by atoms with Crippen LogP contribution in [0.5, 0.6) is 0 Å². The van der Waals surface area contributed by atoms with Crippen molar-refractivity contribution in [2.75, 3.05) is 7.11 Å². The SMILES string of the molecule is C=CCC1CCC(C2CCC(c3ccc(COC)cc3)CC2)CC1. The van der Waals surface area contributed by atoms with Gasteiger partial charge in [-0.25, -0.2) is 0 Å². The van der Waals surface area contributed by atoms with E-state index >= 15 is 0 Å². The van der Waals surface area contributed by atoms with Crippen molar-refractivity contribution in [3.05, 3.63) is 48.0 Å². The zero-order chi connectivity index (χ0) is 16.8. The van der Waals surface area contributed by atoms with E-state index in [1.165, 1.54) is 63.4 Å². The minimum Gasteiger partial charge on any atom is -0.380 e. The predicted molar refractivity (Wildman–Crippen MR) is 102 cm³/mol. The highest BCUT2D eigenvalue weighted by Gasteiger charge is 2.30. The molecule has 2 aliphatic rings. The van der Waals surface area contributed by atoms with Crippen LogP contribution in [0, 0.1) is 17.8 Å². The molecule has 0 bridgehead atoms. The van der Waals surface area contributed by atoms with Crippen molar-refractivity contribution >= 4 is 0 Å². The van der Waals surface area contributed by atoms with Gasteiger partial charge in [0, 0.05) is 7.11 Å². The smallest absolute Gasteiger partial charge is 0.0713 e. The Balaban J connectivity index is 1.46. The maximum atomic E-state index is 5.21. The van der Waals surface area contributed by atoms with Gasteiger partial charge in [-0.2, -0.15) is 0 Å². The van der Waals surface area contributed by atoms with Gasteiger partial charge in [0.2, 0.25) is 0 Å². The molecule has 0 N–H and O–H groups in total. The van der Waals surface area contributed by atoms with Gasteiger partial charge in [0.15, 0.2) is 0 Å². The Morgan fingerprint density at radius 1 is 0.917 bits per heavy atom. The fraction of sp³-hybridized carbons (Fsp3) is 0.652. The van der Waals surface area contributed by atoms with Crippen LogP contribution in [-0.4, -0.2) is 7.11 Å². The topological polar surface area (TPSA) is 9.23 Å². The molecule has 1 heteroatoms. The molecule has 0 atom stereocenters. The monoisotopic (exact) mass is 326 g/mol. The molecule has 0 aliphatic heterocycles. The van der Waals surface area contributed by atoms with E-state index in [9.17, 15) is 0 Å². The van der Waals surface area contributed by atoms with E-state index < -0.39 is 0 Å². The van der Waals surface area contributed by atoms with Crippen LogP contribution in [0.25, 0.3) is 0 Å². The van der Waals surface area contributed by atoms with Crippen LogP contribution in [0.3, 0.4) is 0 Å². The van der Waals surface area contributed by atoms with Crippen LogP contribution in [0.15, 0.2) is 36.9 Å². The van der Waals surface area contributed by atoms with E-state index in [-0.39, 0.29) is 0 Å². The Labute approximate surface area is 148 Å². The molecule has 0 heterocycles. The summed E-state index contributed by atoms with van der Waals surface area (Å²) in [4.78, 5) is 0. The second kappa shape index (κ2) is 8.85. The van der Waals surface area contributed by atoms with Crippen molar-refractivity contribution in [2.24, 2.45) is 17.8 Å². The van der Waals surface area contributed by atoms with Gasteiger partial charge >= 0.3 is 0 Å². The van der Waals surface area contributed by atoms with E-state index in [0.717, 1.165) is 30.3 Å². The van der Waals surface area contributed by atoms with Crippen LogP contribution in [0.4, 0.5) is 0 Å². The summed E-state index contributed by atoms with van der Waals surface area (Å²) in [5, 5.41) is 0. The van der Waals surface area contributed by atoms with Gasteiger partial charge in [-0.15, -0.1) is 6.58 Å². The fourth-order valence-corrected chi connectivity index (χ4v) is 5.11. The summed E-state index contributed by atoms with van der Waals surface area (Å²) < 4.78 is 5.21. The first kappa shape index (κ1) is 17.7. The molecular weight excluding hydrogens is 292 g/mol. The van der Waals surface area contributed by atoms with Gasteiger partial charge in [0.1, 0.15) is 0 Å². The quantitative estimate of drug-likeness (QED) is 0.543. The van der Waals surface area contributed by atoms with Crippen molar-refractivity contribution in [3.8, 4) is 0 Å². The van der Waals surface area contributed by atoms with Crippen molar-refractivity contribution in [3.63, 3.8) is 0 Å². The van der Waals surface area contributed by atoms with Crippen molar-refractivity contribution in [1.29, 1.82) is 0 Å². The van der Waals surface area contributed by atoms with Crippen molar-refractivity contribution in [2.45, 2.75) is 70.3 Å². The predicted octanol–water partition coefficient (Wildman–Crippen LogP) is 6.49. The zero-order valence-corrected chi connectivity index (χ0v) is 15.4. The molecule has 0 aromatic heterocycles. The normalized spacial score (nSPS) is 30.9. The number of hydrogen-bond donors (Lipinski definition) is 0. The third-order valence-electron chi connectivity index (χ3n) is 6.59. The van der Waals surface area contributed by atoms with E-state index in [1.807, 2.05) is 0 Å². The number of allylic oxidation sites excluding steroid dienone is 1. The summed E-state index contributed by atoms with van der Waals surface area (Å²) in [5.41, 5.74) is 2.83. The molecule has 2 fully saturated rings. The average Bonchev–Trinajstić information content (AvgIpc) is 2.64. The Hall–Kier alpha value is -1.08. The molecule has 0 amide bonds. The minimum atomic E-state index is 0.724. The molecule has 3 rings (SSSR count). The van der Waals surface area contributed by atoms with E-state index in [4.69, 9.17) is 4.74 Å². The highest BCUT2D eigenvalue weighted by Crippen LogP contribution is 2.44. The number of ether oxygens (including phenoxy) is 1. The molecule has 1 aromatic rings. The first-order chi connectivity index (χ1) is 11.8. The molecule has 0 radical (unpaired) electrons. The number of hydrogen-bond acceptors (Lipinski definition) is 1. The third kappa shape index (κ3) is 4.51. The summed E-state index contributed by atoms with van der Waals surface area (Å²) in [6.45, 7) is 4.63. The fourth-order valence-electron chi connectivity index (χ4n) is 5.11. The Kier molecular flexibility index (Phi) is 6.54.